The van der Waals surface area contributed by atoms with Gasteiger partial charge in [0.2, 0.25) is 0 Å². The van der Waals surface area contributed by atoms with Crippen molar-refractivity contribution in [1.82, 2.24) is 0 Å². The molecule has 0 heterocycles. The average molecular weight is 252 g/mol. The minimum Gasteiger partial charge on any atom is -0.545 e. The minimum absolute atomic E-state index is 0. The van der Waals surface area contributed by atoms with Gasteiger partial charge in [0.15, 0.2) is 0 Å². The zero-order chi connectivity index (χ0) is 9.14. The van der Waals surface area contributed by atoms with Gasteiger partial charge in [-0.3, -0.25) is 0 Å². The van der Waals surface area contributed by atoms with E-state index in [0.717, 1.165) is 12.1 Å². The molecule has 0 saturated carbocycles. The van der Waals surface area contributed by atoms with Crippen LogP contribution in [0, 0.1) is 0 Å². The molecule has 0 aliphatic heterocycles. The van der Waals surface area contributed by atoms with E-state index in [9.17, 15) is 19.8 Å². The van der Waals surface area contributed by atoms with Crippen molar-refractivity contribution in [3.63, 3.8) is 0 Å². The van der Waals surface area contributed by atoms with Gasteiger partial charge in [-0.25, -0.2) is 0 Å². The van der Waals surface area contributed by atoms with Gasteiger partial charge >= 0.3 is 45.5 Å². The van der Waals surface area contributed by atoms with Gasteiger partial charge in [-0.05, 0) is 0 Å². The second-order valence-electron chi connectivity index (χ2n) is 2.12. The van der Waals surface area contributed by atoms with Crippen LogP contribution in [0.4, 0.5) is 0 Å². The van der Waals surface area contributed by atoms with E-state index >= 15 is 0 Å². The van der Waals surface area contributed by atoms with Crippen LogP contribution in [0.25, 0.3) is 0 Å². The van der Waals surface area contributed by atoms with E-state index in [4.69, 9.17) is 0 Å². The molecule has 1 aromatic carbocycles. The zero-order valence-corrected chi connectivity index (χ0v) is 10.1. The summed E-state index contributed by atoms with van der Waals surface area (Å²) >= 11 is 0. The van der Waals surface area contributed by atoms with Gasteiger partial charge in [-0.2, -0.15) is 0 Å². The quantitative estimate of drug-likeness (QED) is 0.572. The van der Waals surface area contributed by atoms with Gasteiger partial charge < -0.3 is 19.8 Å². The summed E-state index contributed by atoms with van der Waals surface area (Å²) in [7, 11) is 0. The molecular formula is C8H4O4Sr. The number of carbonyl (C=O) groups excluding carboxylic acids is 2. The standard InChI is InChI=1S/C8H6O4.Sr/c9-7(10)5-3-1-2-4-6(5)8(11)12;/h1-4H,(H,9,10)(H,11,12);/q;+2/p-2. The van der Waals surface area contributed by atoms with Gasteiger partial charge in [0.05, 0.1) is 11.9 Å². The molecule has 62 valence electrons. The molecule has 0 N–H and O–H groups in total. The number of rotatable bonds is 2. The Kier molecular flexibility index (Phi) is 5.24. The van der Waals surface area contributed by atoms with Crippen LogP contribution >= 0.6 is 0 Å². The van der Waals surface area contributed by atoms with Gasteiger partial charge in [-0.15, -0.1) is 0 Å². The van der Waals surface area contributed by atoms with Crippen LogP contribution in [0.5, 0.6) is 0 Å². The van der Waals surface area contributed by atoms with Crippen LogP contribution in [-0.4, -0.2) is 57.4 Å². The van der Waals surface area contributed by atoms with Crippen molar-refractivity contribution in [1.29, 1.82) is 0 Å². The SMILES string of the molecule is O=C([O-])c1ccccc1C(=O)[O-].[Sr+2]. The Morgan fingerprint density at radius 1 is 0.923 bits per heavy atom. The van der Waals surface area contributed by atoms with E-state index in [1.54, 1.807) is 0 Å². The fraction of sp³-hybridized carbons (Fsp3) is 0. The average Bonchev–Trinajstić information content (AvgIpc) is 2.04. The number of carbonyl (C=O) groups is 2. The Hall–Kier alpha value is -0.359. The molecule has 1 aromatic rings. The van der Waals surface area contributed by atoms with E-state index < -0.39 is 11.9 Å². The summed E-state index contributed by atoms with van der Waals surface area (Å²) in [4.78, 5) is 20.6. The maximum absolute atomic E-state index is 10.3. The Bertz CT molecular complexity index is 302. The van der Waals surface area contributed by atoms with Crippen molar-refractivity contribution < 1.29 is 19.8 Å². The Morgan fingerprint density at radius 3 is 1.46 bits per heavy atom. The summed E-state index contributed by atoms with van der Waals surface area (Å²) in [5.41, 5.74) is -0.727. The summed E-state index contributed by atoms with van der Waals surface area (Å²) < 4.78 is 0. The number of benzene rings is 1. The summed E-state index contributed by atoms with van der Waals surface area (Å²) in [5.74, 6) is -3.04. The van der Waals surface area contributed by atoms with Crippen molar-refractivity contribution in [2.75, 3.05) is 0 Å². The molecule has 1 rings (SSSR count). The van der Waals surface area contributed by atoms with Crippen LogP contribution < -0.4 is 10.2 Å². The number of aromatic carboxylic acids is 2. The second-order valence-corrected chi connectivity index (χ2v) is 2.12. The van der Waals surface area contributed by atoms with Gasteiger partial charge in [-0.1, -0.05) is 24.3 Å². The smallest absolute Gasteiger partial charge is 0.545 e. The molecule has 0 fully saturated rings. The van der Waals surface area contributed by atoms with E-state index in [1.165, 1.54) is 12.1 Å². The summed E-state index contributed by atoms with van der Waals surface area (Å²) in [5, 5.41) is 20.6. The van der Waals surface area contributed by atoms with Crippen LogP contribution in [0.3, 0.4) is 0 Å². The third kappa shape index (κ3) is 3.11. The Morgan fingerprint density at radius 2 is 1.23 bits per heavy atom. The molecule has 0 aliphatic carbocycles. The van der Waals surface area contributed by atoms with Crippen LogP contribution in [0.15, 0.2) is 24.3 Å². The topological polar surface area (TPSA) is 80.3 Å². The molecular weight excluding hydrogens is 248 g/mol. The molecule has 0 radical (unpaired) electrons. The first-order chi connectivity index (χ1) is 5.63. The molecule has 5 heteroatoms. The number of carboxylic acid groups (broad SMARTS) is 2. The number of hydrogen-bond donors (Lipinski definition) is 0. The third-order valence-electron chi connectivity index (χ3n) is 1.37. The molecule has 13 heavy (non-hydrogen) atoms. The van der Waals surface area contributed by atoms with E-state index in [2.05, 4.69) is 0 Å². The van der Waals surface area contributed by atoms with Crippen molar-refractivity contribution in [2.24, 2.45) is 0 Å². The van der Waals surface area contributed by atoms with Crippen LogP contribution in [0.2, 0.25) is 0 Å². The Labute approximate surface area is 111 Å². The normalized spacial score (nSPS) is 8.62. The molecule has 0 aliphatic rings. The monoisotopic (exact) mass is 252 g/mol. The molecule has 0 spiro atoms. The summed E-state index contributed by atoms with van der Waals surface area (Å²) in [6.07, 6.45) is 0. The molecule has 4 nitrogen and oxygen atoms in total. The maximum atomic E-state index is 10.3. The summed E-state index contributed by atoms with van der Waals surface area (Å²) in [6, 6.07) is 5.14. The Balaban J connectivity index is 0.00000144. The summed E-state index contributed by atoms with van der Waals surface area (Å²) in [6.45, 7) is 0. The molecule has 0 amide bonds. The fourth-order valence-electron chi connectivity index (χ4n) is 0.839. The van der Waals surface area contributed by atoms with Crippen molar-refractivity contribution in [3.05, 3.63) is 35.4 Å². The number of hydrogen-bond acceptors (Lipinski definition) is 4. The predicted molar refractivity (Wildman–Crippen MR) is 40.9 cm³/mol. The fourth-order valence-corrected chi connectivity index (χ4v) is 0.839. The first-order valence-electron chi connectivity index (χ1n) is 3.14. The van der Waals surface area contributed by atoms with Gasteiger partial charge in [0, 0.05) is 11.1 Å². The van der Waals surface area contributed by atoms with E-state index in [-0.39, 0.29) is 56.6 Å². The number of carboxylic acids is 2. The predicted octanol–water partition coefficient (Wildman–Crippen LogP) is -1.97. The van der Waals surface area contributed by atoms with Gasteiger partial charge in [0.25, 0.3) is 0 Å². The third-order valence-corrected chi connectivity index (χ3v) is 1.37. The molecule has 0 atom stereocenters. The minimum atomic E-state index is -1.52. The zero-order valence-electron chi connectivity index (χ0n) is 6.65. The second kappa shape index (κ2) is 5.39. The first-order valence-corrected chi connectivity index (χ1v) is 3.14. The van der Waals surface area contributed by atoms with Crippen molar-refractivity contribution >= 4 is 57.4 Å². The van der Waals surface area contributed by atoms with Crippen LogP contribution in [-0.2, 0) is 0 Å². The molecule has 0 bridgehead atoms. The molecule has 0 unspecified atom stereocenters. The van der Waals surface area contributed by atoms with E-state index in [0.29, 0.717) is 0 Å². The largest absolute Gasteiger partial charge is 2.00 e. The van der Waals surface area contributed by atoms with Crippen molar-refractivity contribution in [3.8, 4) is 0 Å². The maximum Gasteiger partial charge on any atom is 2.00 e. The first kappa shape index (κ1) is 12.6. The van der Waals surface area contributed by atoms with Crippen LogP contribution in [0.1, 0.15) is 20.7 Å². The molecule has 0 saturated heterocycles. The van der Waals surface area contributed by atoms with Gasteiger partial charge in [0.1, 0.15) is 0 Å². The van der Waals surface area contributed by atoms with Crippen molar-refractivity contribution in [2.45, 2.75) is 0 Å². The molecule has 0 aromatic heterocycles. The van der Waals surface area contributed by atoms with E-state index in [1.807, 2.05) is 0 Å².